The normalized spacial score (nSPS) is 14.0. The Morgan fingerprint density at radius 1 is 0.867 bits per heavy atom. The largest absolute Gasteiger partial charge is 0.351 e. The Balaban J connectivity index is 4.96. The molecule has 0 heterocycles. The van der Waals surface area contributed by atoms with Crippen LogP contribution in [0.5, 0.6) is 0 Å². The van der Waals surface area contributed by atoms with E-state index >= 15 is 0 Å². The van der Waals surface area contributed by atoms with Crippen molar-refractivity contribution >= 4 is 23.6 Å². The first-order valence-electron chi connectivity index (χ1n) is 10.5. The molecule has 0 saturated heterocycles. The van der Waals surface area contributed by atoms with Gasteiger partial charge in [0, 0.05) is 34.0 Å². The van der Waals surface area contributed by atoms with E-state index < -0.39 is 12.1 Å². The SMILES string of the molecule is CC(=O)N[C@H](C(=O)NC/C(C)=C(\C)CC(=O)NC(CC(C)C)C(=O)N(C)C)C(C)C. The van der Waals surface area contributed by atoms with Gasteiger partial charge in [0.2, 0.25) is 23.6 Å². The molecule has 4 amide bonds. The first kappa shape index (κ1) is 27.6. The first-order chi connectivity index (χ1) is 13.8. The molecule has 0 aromatic carbocycles. The summed E-state index contributed by atoms with van der Waals surface area (Å²) >= 11 is 0. The second-order valence-electron chi connectivity index (χ2n) is 8.86. The summed E-state index contributed by atoms with van der Waals surface area (Å²) in [4.78, 5) is 50.0. The third kappa shape index (κ3) is 10.4. The minimum absolute atomic E-state index is 0.0443. The fourth-order valence-electron chi connectivity index (χ4n) is 2.88. The lowest BCUT2D eigenvalue weighted by Gasteiger charge is -2.23. The molecule has 0 aliphatic carbocycles. The highest BCUT2D eigenvalue weighted by atomic mass is 16.2. The van der Waals surface area contributed by atoms with Crippen LogP contribution in [0.15, 0.2) is 11.1 Å². The van der Waals surface area contributed by atoms with Crippen LogP contribution in [0.25, 0.3) is 0 Å². The molecule has 0 saturated carbocycles. The molecule has 0 spiro atoms. The Morgan fingerprint density at radius 3 is 1.87 bits per heavy atom. The van der Waals surface area contributed by atoms with E-state index in [-0.39, 0.29) is 48.4 Å². The van der Waals surface area contributed by atoms with Crippen molar-refractivity contribution in [2.24, 2.45) is 11.8 Å². The van der Waals surface area contributed by atoms with Crippen LogP contribution in [0.4, 0.5) is 0 Å². The zero-order valence-electron chi connectivity index (χ0n) is 20.0. The topological polar surface area (TPSA) is 108 Å². The van der Waals surface area contributed by atoms with Crippen molar-refractivity contribution in [3.05, 3.63) is 11.1 Å². The molecule has 0 aliphatic rings. The van der Waals surface area contributed by atoms with Gasteiger partial charge in [-0.2, -0.15) is 0 Å². The highest BCUT2D eigenvalue weighted by Gasteiger charge is 2.24. The van der Waals surface area contributed by atoms with Gasteiger partial charge in [-0.1, -0.05) is 38.8 Å². The third-order valence-electron chi connectivity index (χ3n) is 4.77. The van der Waals surface area contributed by atoms with Gasteiger partial charge >= 0.3 is 0 Å². The molecule has 0 aromatic heterocycles. The minimum atomic E-state index is -0.604. The van der Waals surface area contributed by atoms with Gasteiger partial charge in [-0.05, 0) is 32.1 Å². The van der Waals surface area contributed by atoms with E-state index in [0.29, 0.717) is 6.42 Å². The minimum Gasteiger partial charge on any atom is -0.351 e. The lowest BCUT2D eigenvalue weighted by atomic mass is 10.0. The molecule has 8 nitrogen and oxygen atoms in total. The molecule has 172 valence electrons. The highest BCUT2D eigenvalue weighted by Crippen LogP contribution is 2.11. The van der Waals surface area contributed by atoms with Crippen LogP contribution in [0.2, 0.25) is 0 Å². The van der Waals surface area contributed by atoms with Crippen molar-refractivity contribution in [2.75, 3.05) is 20.6 Å². The van der Waals surface area contributed by atoms with Gasteiger partial charge in [0.1, 0.15) is 12.1 Å². The molecular weight excluding hydrogens is 384 g/mol. The maximum absolute atomic E-state index is 12.5. The summed E-state index contributed by atoms with van der Waals surface area (Å²) in [6, 6.07) is -1.16. The molecule has 0 rings (SSSR count). The maximum Gasteiger partial charge on any atom is 0.244 e. The van der Waals surface area contributed by atoms with Crippen molar-refractivity contribution in [2.45, 2.75) is 73.4 Å². The molecular formula is C22H40N4O4. The summed E-state index contributed by atoms with van der Waals surface area (Å²) in [7, 11) is 3.34. The Hall–Kier alpha value is -2.38. The molecule has 3 N–H and O–H groups in total. The van der Waals surface area contributed by atoms with Crippen LogP contribution in [0.3, 0.4) is 0 Å². The average molecular weight is 425 g/mol. The van der Waals surface area contributed by atoms with Crippen molar-refractivity contribution in [1.29, 1.82) is 0 Å². The number of nitrogens with zero attached hydrogens (tertiary/aromatic N) is 1. The Kier molecular flexibility index (Phi) is 12.0. The van der Waals surface area contributed by atoms with E-state index in [1.54, 1.807) is 14.1 Å². The highest BCUT2D eigenvalue weighted by molar-refractivity contribution is 5.88. The fourth-order valence-corrected chi connectivity index (χ4v) is 2.88. The molecule has 0 aromatic rings. The number of carbonyl (C=O) groups excluding carboxylic acids is 4. The summed E-state index contributed by atoms with van der Waals surface area (Å²) < 4.78 is 0. The second kappa shape index (κ2) is 13.0. The fraction of sp³-hybridized carbons (Fsp3) is 0.727. The molecule has 1 unspecified atom stereocenters. The van der Waals surface area contributed by atoms with E-state index in [1.807, 2.05) is 41.5 Å². The number of rotatable bonds is 11. The summed E-state index contributed by atoms with van der Waals surface area (Å²) in [5.41, 5.74) is 1.69. The number of carbonyl (C=O) groups is 4. The van der Waals surface area contributed by atoms with Crippen LogP contribution >= 0.6 is 0 Å². The molecule has 0 radical (unpaired) electrons. The van der Waals surface area contributed by atoms with E-state index in [2.05, 4.69) is 16.0 Å². The standard InChI is InChI=1S/C22H40N4O4/c1-13(2)10-18(22(30)26(8)9)25-19(28)11-15(5)16(6)12-23-21(29)20(14(3)4)24-17(7)27/h13-14,18,20H,10-12H2,1-9H3,(H,23,29)(H,24,27)(H,25,28)/b16-15+/t18?,20-/m0/s1. The van der Waals surface area contributed by atoms with Gasteiger partial charge in [-0.3, -0.25) is 19.2 Å². The van der Waals surface area contributed by atoms with Crippen LogP contribution < -0.4 is 16.0 Å². The van der Waals surface area contributed by atoms with Gasteiger partial charge in [0.05, 0.1) is 0 Å². The third-order valence-corrected chi connectivity index (χ3v) is 4.77. The Morgan fingerprint density at radius 2 is 1.43 bits per heavy atom. The molecule has 0 fully saturated rings. The van der Waals surface area contributed by atoms with Gasteiger partial charge in [0.25, 0.3) is 0 Å². The quantitative estimate of drug-likeness (QED) is 0.438. The molecule has 0 bridgehead atoms. The average Bonchev–Trinajstić information content (AvgIpc) is 2.61. The smallest absolute Gasteiger partial charge is 0.244 e. The van der Waals surface area contributed by atoms with Crippen molar-refractivity contribution < 1.29 is 19.2 Å². The Bertz CT molecular complexity index is 654. The number of likely N-dealkylation sites (N-methyl/N-ethyl adjacent to an activating group) is 1. The predicted octanol–water partition coefficient (Wildman–Crippen LogP) is 1.61. The first-order valence-corrected chi connectivity index (χ1v) is 10.5. The van der Waals surface area contributed by atoms with E-state index in [9.17, 15) is 19.2 Å². The summed E-state index contributed by atoms with van der Waals surface area (Å²) in [6.07, 6.45) is 0.719. The van der Waals surface area contributed by atoms with Gasteiger partial charge in [-0.25, -0.2) is 0 Å². The lowest BCUT2D eigenvalue weighted by molar-refractivity contribution is -0.134. The monoisotopic (exact) mass is 424 g/mol. The Labute approximate surface area is 181 Å². The van der Waals surface area contributed by atoms with Crippen molar-refractivity contribution in [1.82, 2.24) is 20.9 Å². The van der Waals surface area contributed by atoms with Crippen molar-refractivity contribution in [3.8, 4) is 0 Å². The van der Waals surface area contributed by atoms with Gasteiger partial charge in [0.15, 0.2) is 0 Å². The summed E-state index contributed by atoms with van der Waals surface area (Å²) in [5.74, 6) is -0.641. The van der Waals surface area contributed by atoms with E-state index in [1.165, 1.54) is 11.8 Å². The zero-order valence-corrected chi connectivity index (χ0v) is 20.0. The lowest BCUT2D eigenvalue weighted by Crippen LogP contribution is -2.49. The second-order valence-corrected chi connectivity index (χ2v) is 8.86. The zero-order chi connectivity index (χ0) is 23.6. The maximum atomic E-state index is 12.5. The number of amides is 4. The van der Waals surface area contributed by atoms with Crippen LogP contribution in [-0.4, -0.2) is 61.3 Å². The van der Waals surface area contributed by atoms with Crippen molar-refractivity contribution in [3.63, 3.8) is 0 Å². The van der Waals surface area contributed by atoms with E-state index in [4.69, 9.17) is 0 Å². The van der Waals surface area contributed by atoms with Crippen LogP contribution in [0.1, 0.15) is 61.3 Å². The molecule has 30 heavy (non-hydrogen) atoms. The van der Waals surface area contributed by atoms with E-state index in [0.717, 1.165) is 11.1 Å². The number of hydrogen-bond donors (Lipinski definition) is 3. The van der Waals surface area contributed by atoms with Crippen LogP contribution in [0, 0.1) is 11.8 Å². The van der Waals surface area contributed by atoms with Crippen LogP contribution in [-0.2, 0) is 19.2 Å². The number of hydrogen-bond acceptors (Lipinski definition) is 4. The summed E-state index contributed by atoms with van der Waals surface area (Å²) in [5, 5.41) is 8.31. The number of nitrogens with one attached hydrogen (secondary N) is 3. The van der Waals surface area contributed by atoms with Gasteiger partial charge in [-0.15, -0.1) is 0 Å². The molecule has 0 aliphatic heterocycles. The predicted molar refractivity (Wildman–Crippen MR) is 119 cm³/mol. The molecule has 8 heteroatoms. The molecule has 2 atom stereocenters. The summed E-state index contributed by atoms with van der Waals surface area (Å²) in [6.45, 7) is 13.1. The van der Waals surface area contributed by atoms with Gasteiger partial charge < -0.3 is 20.9 Å².